The maximum Gasteiger partial charge on any atom is 0.251 e. The zero-order chi connectivity index (χ0) is 15.9. The molecular formula is C17H18N2O3. The first kappa shape index (κ1) is 15.7. The van der Waals surface area contributed by atoms with Crippen LogP contribution in [0, 0.1) is 0 Å². The van der Waals surface area contributed by atoms with Gasteiger partial charge in [0.2, 0.25) is 5.91 Å². The van der Waals surface area contributed by atoms with Gasteiger partial charge in [0, 0.05) is 17.7 Å². The summed E-state index contributed by atoms with van der Waals surface area (Å²) in [4.78, 5) is 23.3. The molecule has 2 amide bonds. The van der Waals surface area contributed by atoms with E-state index in [4.69, 9.17) is 5.73 Å². The average molecular weight is 298 g/mol. The molecule has 0 bridgehead atoms. The van der Waals surface area contributed by atoms with Crippen LogP contribution in [0.25, 0.3) is 0 Å². The first-order valence-corrected chi connectivity index (χ1v) is 6.98. The fraction of sp³-hybridized carbons (Fsp3) is 0.176. The van der Waals surface area contributed by atoms with Crippen molar-refractivity contribution in [2.75, 3.05) is 6.61 Å². The number of benzene rings is 2. The van der Waals surface area contributed by atoms with Crippen LogP contribution in [0.1, 0.15) is 38.7 Å². The summed E-state index contributed by atoms with van der Waals surface area (Å²) in [6.07, 6.45) is 0.426. The third kappa shape index (κ3) is 3.93. The van der Waals surface area contributed by atoms with Gasteiger partial charge in [-0.2, -0.15) is 0 Å². The third-order valence-corrected chi connectivity index (χ3v) is 3.36. The van der Waals surface area contributed by atoms with Crippen LogP contribution in [-0.4, -0.2) is 23.5 Å². The van der Waals surface area contributed by atoms with E-state index in [0.717, 1.165) is 5.56 Å². The molecule has 0 aliphatic rings. The monoisotopic (exact) mass is 298 g/mol. The lowest BCUT2D eigenvalue weighted by Crippen LogP contribution is -2.29. The molecule has 114 valence electrons. The molecular weight excluding hydrogens is 280 g/mol. The van der Waals surface area contributed by atoms with Gasteiger partial charge >= 0.3 is 0 Å². The molecule has 2 aromatic rings. The Labute approximate surface area is 128 Å². The predicted octanol–water partition coefficient (Wildman–Crippen LogP) is 1.64. The summed E-state index contributed by atoms with van der Waals surface area (Å²) in [6, 6.07) is 15.3. The molecule has 5 heteroatoms. The lowest BCUT2D eigenvalue weighted by Gasteiger charge is -2.18. The van der Waals surface area contributed by atoms with Crippen LogP contribution in [0.3, 0.4) is 0 Å². The van der Waals surface area contributed by atoms with E-state index in [0.29, 0.717) is 17.5 Å². The van der Waals surface area contributed by atoms with E-state index in [9.17, 15) is 14.7 Å². The van der Waals surface area contributed by atoms with E-state index >= 15 is 0 Å². The van der Waals surface area contributed by atoms with Crippen molar-refractivity contribution < 1.29 is 14.7 Å². The summed E-state index contributed by atoms with van der Waals surface area (Å²) in [5, 5.41) is 12.1. The molecule has 0 saturated heterocycles. The Hall–Kier alpha value is -2.66. The number of carbonyl (C=O) groups is 2. The highest BCUT2D eigenvalue weighted by Crippen LogP contribution is 2.17. The van der Waals surface area contributed by atoms with Crippen molar-refractivity contribution in [3.8, 4) is 0 Å². The maximum atomic E-state index is 12.3. The van der Waals surface area contributed by atoms with E-state index < -0.39 is 5.91 Å². The second-order valence-electron chi connectivity index (χ2n) is 4.89. The summed E-state index contributed by atoms with van der Waals surface area (Å²) in [7, 11) is 0. The molecule has 0 radical (unpaired) electrons. The molecule has 1 unspecified atom stereocenters. The molecule has 2 rings (SSSR count). The SMILES string of the molecule is NC(=O)c1ccc(C(=O)NC(CCO)c2ccccc2)cc1. The van der Waals surface area contributed by atoms with Gasteiger partial charge in [0.1, 0.15) is 0 Å². The Kier molecular flexibility index (Phi) is 5.27. The Morgan fingerprint density at radius 1 is 1.00 bits per heavy atom. The van der Waals surface area contributed by atoms with Gasteiger partial charge in [-0.05, 0) is 36.2 Å². The standard InChI is InChI=1S/C17H18N2O3/c18-16(21)13-6-8-14(9-7-13)17(22)19-15(10-11-20)12-4-2-1-3-5-12/h1-9,15,20H,10-11H2,(H2,18,21)(H,19,22). The molecule has 0 aliphatic heterocycles. The highest BCUT2D eigenvalue weighted by atomic mass is 16.3. The van der Waals surface area contributed by atoms with Gasteiger partial charge in [-0.1, -0.05) is 30.3 Å². The van der Waals surface area contributed by atoms with Gasteiger partial charge in [0.05, 0.1) is 6.04 Å². The van der Waals surface area contributed by atoms with Crippen molar-refractivity contribution in [3.63, 3.8) is 0 Å². The number of hydrogen-bond acceptors (Lipinski definition) is 3. The quantitative estimate of drug-likeness (QED) is 0.757. The number of aliphatic hydroxyl groups excluding tert-OH is 1. The molecule has 0 aromatic heterocycles. The van der Waals surface area contributed by atoms with Crippen LogP contribution in [0.5, 0.6) is 0 Å². The van der Waals surface area contributed by atoms with Crippen LogP contribution in [-0.2, 0) is 0 Å². The fourth-order valence-electron chi connectivity index (χ4n) is 2.16. The second kappa shape index (κ2) is 7.38. The van der Waals surface area contributed by atoms with Gasteiger partial charge in [0.25, 0.3) is 5.91 Å². The van der Waals surface area contributed by atoms with Crippen molar-refractivity contribution in [2.45, 2.75) is 12.5 Å². The molecule has 0 heterocycles. The van der Waals surface area contributed by atoms with E-state index in [1.807, 2.05) is 30.3 Å². The predicted molar refractivity (Wildman–Crippen MR) is 83.3 cm³/mol. The highest BCUT2D eigenvalue weighted by molar-refractivity contribution is 5.97. The number of hydrogen-bond donors (Lipinski definition) is 3. The maximum absolute atomic E-state index is 12.3. The molecule has 1 atom stereocenters. The van der Waals surface area contributed by atoms with Gasteiger partial charge in [-0.3, -0.25) is 9.59 Å². The number of primary amides is 1. The van der Waals surface area contributed by atoms with Crippen LogP contribution >= 0.6 is 0 Å². The Bertz CT molecular complexity index is 639. The van der Waals surface area contributed by atoms with Crippen molar-refractivity contribution in [2.24, 2.45) is 5.73 Å². The van der Waals surface area contributed by atoms with Crippen LogP contribution < -0.4 is 11.1 Å². The normalized spacial score (nSPS) is 11.7. The van der Waals surface area contributed by atoms with Gasteiger partial charge < -0.3 is 16.2 Å². The van der Waals surface area contributed by atoms with E-state index in [2.05, 4.69) is 5.32 Å². The Balaban J connectivity index is 2.12. The number of nitrogens with one attached hydrogen (secondary N) is 1. The number of nitrogens with two attached hydrogens (primary N) is 1. The first-order valence-electron chi connectivity index (χ1n) is 6.98. The second-order valence-corrected chi connectivity index (χ2v) is 4.89. The van der Waals surface area contributed by atoms with E-state index in [1.54, 1.807) is 12.1 Å². The number of rotatable bonds is 6. The molecule has 5 nitrogen and oxygen atoms in total. The summed E-state index contributed by atoms with van der Waals surface area (Å²) < 4.78 is 0. The third-order valence-electron chi connectivity index (χ3n) is 3.36. The zero-order valence-electron chi connectivity index (χ0n) is 12.0. The number of carbonyl (C=O) groups excluding carboxylic acids is 2. The summed E-state index contributed by atoms with van der Waals surface area (Å²) in [5.74, 6) is -0.798. The van der Waals surface area contributed by atoms with Crippen LogP contribution in [0.15, 0.2) is 54.6 Å². The summed E-state index contributed by atoms with van der Waals surface area (Å²) in [6.45, 7) is -0.0273. The van der Waals surface area contributed by atoms with Gasteiger partial charge in [-0.15, -0.1) is 0 Å². The lowest BCUT2D eigenvalue weighted by molar-refractivity contribution is 0.0928. The zero-order valence-corrected chi connectivity index (χ0v) is 12.0. The molecule has 22 heavy (non-hydrogen) atoms. The minimum Gasteiger partial charge on any atom is -0.396 e. The van der Waals surface area contributed by atoms with Crippen molar-refractivity contribution >= 4 is 11.8 Å². The number of amides is 2. The molecule has 0 fully saturated rings. The molecule has 0 spiro atoms. The Morgan fingerprint density at radius 2 is 1.59 bits per heavy atom. The highest BCUT2D eigenvalue weighted by Gasteiger charge is 2.15. The lowest BCUT2D eigenvalue weighted by atomic mass is 10.0. The average Bonchev–Trinajstić information content (AvgIpc) is 2.55. The summed E-state index contributed by atoms with van der Waals surface area (Å²) in [5.41, 5.74) is 6.89. The molecule has 0 aliphatic carbocycles. The molecule has 2 aromatic carbocycles. The Morgan fingerprint density at radius 3 is 2.14 bits per heavy atom. The van der Waals surface area contributed by atoms with E-state index in [-0.39, 0.29) is 18.6 Å². The van der Waals surface area contributed by atoms with E-state index in [1.165, 1.54) is 12.1 Å². The van der Waals surface area contributed by atoms with Gasteiger partial charge in [-0.25, -0.2) is 0 Å². The minimum atomic E-state index is -0.533. The van der Waals surface area contributed by atoms with Crippen molar-refractivity contribution in [3.05, 3.63) is 71.3 Å². The molecule has 4 N–H and O–H groups in total. The topological polar surface area (TPSA) is 92.4 Å². The minimum absolute atomic E-state index is 0.0273. The van der Waals surface area contributed by atoms with Gasteiger partial charge in [0.15, 0.2) is 0 Å². The summed E-state index contributed by atoms with van der Waals surface area (Å²) >= 11 is 0. The van der Waals surface area contributed by atoms with Crippen LogP contribution in [0.4, 0.5) is 0 Å². The smallest absolute Gasteiger partial charge is 0.251 e. The van der Waals surface area contributed by atoms with Crippen molar-refractivity contribution in [1.29, 1.82) is 0 Å². The number of aliphatic hydroxyl groups is 1. The first-order chi connectivity index (χ1) is 10.6. The largest absolute Gasteiger partial charge is 0.396 e. The fourth-order valence-corrected chi connectivity index (χ4v) is 2.16. The molecule has 0 saturated carbocycles. The van der Waals surface area contributed by atoms with Crippen molar-refractivity contribution in [1.82, 2.24) is 5.32 Å². The van der Waals surface area contributed by atoms with Crippen LogP contribution in [0.2, 0.25) is 0 Å².